The molecule has 0 saturated heterocycles. The van der Waals surface area contributed by atoms with Crippen LogP contribution in [0.25, 0.3) is 0 Å². The maximum absolute atomic E-state index is 11.9. The number of hydrogen-bond donors (Lipinski definition) is 1. The average Bonchev–Trinajstić information content (AvgIpc) is 2.85. The van der Waals surface area contributed by atoms with Crippen LogP contribution in [-0.4, -0.2) is 5.91 Å². The van der Waals surface area contributed by atoms with Gasteiger partial charge in [-0.25, -0.2) is 0 Å². The van der Waals surface area contributed by atoms with Gasteiger partial charge in [-0.2, -0.15) is 0 Å². The third-order valence-corrected chi connectivity index (χ3v) is 3.31. The molecule has 100 valence electrons. The van der Waals surface area contributed by atoms with Gasteiger partial charge in [0.2, 0.25) is 0 Å². The van der Waals surface area contributed by atoms with Crippen LogP contribution in [0.5, 0.6) is 0 Å². The summed E-state index contributed by atoms with van der Waals surface area (Å²) in [6, 6.07) is 11.4. The van der Waals surface area contributed by atoms with Gasteiger partial charge in [0.25, 0.3) is 5.91 Å². The van der Waals surface area contributed by atoms with Gasteiger partial charge in [-0.3, -0.25) is 4.79 Å². The molecule has 0 unspecified atom stereocenters. The first-order chi connectivity index (χ1) is 9.10. The first-order valence-corrected chi connectivity index (χ1v) is 6.58. The molecule has 3 nitrogen and oxygen atoms in total. The molecular formula is C16H19NO2. The Balaban J connectivity index is 2.05. The minimum atomic E-state index is -0.218. The number of rotatable bonds is 4. The Labute approximate surface area is 113 Å². The van der Waals surface area contributed by atoms with Crippen molar-refractivity contribution in [3.63, 3.8) is 0 Å². The maximum Gasteiger partial charge on any atom is 0.291 e. The fraction of sp³-hybridized carbons (Fsp3) is 0.312. The second-order valence-corrected chi connectivity index (χ2v) is 4.80. The van der Waals surface area contributed by atoms with E-state index in [0.29, 0.717) is 11.7 Å². The van der Waals surface area contributed by atoms with Gasteiger partial charge in [0.15, 0.2) is 5.76 Å². The summed E-state index contributed by atoms with van der Waals surface area (Å²) in [4.78, 5) is 11.9. The third-order valence-electron chi connectivity index (χ3n) is 3.31. The summed E-state index contributed by atoms with van der Waals surface area (Å²) in [6.07, 6.45) is 1.11. The topological polar surface area (TPSA) is 42.2 Å². The van der Waals surface area contributed by atoms with Crippen molar-refractivity contribution in [1.82, 2.24) is 0 Å². The van der Waals surface area contributed by atoms with E-state index in [1.807, 2.05) is 19.1 Å². The number of benzene rings is 1. The van der Waals surface area contributed by atoms with E-state index in [4.69, 9.17) is 4.42 Å². The van der Waals surface area contributed by atoms with Gasteiger partial charge in [0.05, 0.1) is 0 Å². The highest BCUT2D eigenvalue weighted by Crippen LogP contribution is 2.20. The average molecular weight is 257 g/mol. The van der Waals surface area contributed by atoms with Gasteiger partial charge in [0, 0.05) is 5.69 Å². The number of aryl methyl sites for hydroxylation is 1. The van der Waals surface area contributed by atoms with Crippen LogP contribution < -0.4 is 5.32 Å². The van der Waals surface area contributed by atoms with Crippen molar-refractivity contribution in [3.8, 4) is 0 Å². The summed E-state index contributed by atoms with van der Waals surface area (Å²) >= 11 is 0. The first-order valence-electron chi connectivity index (χ1n) is 6.58. The lowest BCUT2D eigenvalue weighted by molar-refractivity contribution is 0.0995. The highest BCUT2D eigenvalue weighted by molar-refractivity contribution is 6.02. The Hall–Kier alpha value is -2.03. The minimum Gasteiger partial charge on any atom is -0.456 e. The van der Waals surface area contributed by atoms with Crippen molar-refractivity contribution in [2.24, 2.45) is 0 Å². The number of furan rings is 1. The van der Waals surface area contributed by atoms with Gasteiger partial charge in [0.1, 0.15) is 5.76 Å². The Morgan fingerprint density at radius 3 is 2.42 bits per heavy atom. The van der Waals surface area contributed by atoms with Crippen LogP contribution in [0.4, 0.5) is 5.69 Å². The van der Waals surface area contributed by atoms with Crippen LogP contribution in [0.15, 0.2) is 40.8 Å². The molecule has 3 heteroatoms. The molecule has 0 saturated carbocycles. The lowest BCUT2D eigenvalue weighted by atomic mass is 9.99. The standard InChI is InChI=1S/C16H19NO2/c1-4-11(2)13-6-8-14(9-7-13)17-16(18)15-10-5-12(3)19-15/h5-11H,4H2,1-3H3,(H,17,18)/t11-/m1/s1. The fourth-order valence-corrected chi connectivity index (χ4v) is 1.88. The molecule has 1 amide bonds. The molecule has 0 aliphatic carbocycles. The Bertz CT molecular complexity index is 554. The lowest BCUT2D eigenvalue weighted by Gasteiger charge is -2.10. The molecule has 1 N–H and O–H groups in total. The molecule has 1 aromatic carbocycles. The molecule has 19 heavy (non-hydrogen) atoms. The molecule has 0 radical (unpaired) electrons. The van der Waals surface area contributed by atoms with Gasteiger partial charge in [-0.15, -0.1) is 0 Å². The smallest absolute Gasteiger partial charge is 0.291 e. The van der Waals surface area contributed by atoms with E-state index < -0.39 is 0 Å². The van der Waals surface area contributed by atoms with Crippen molar-refractivity contribution in [1.29, 1.82) is 0 Å². The predicted molar refractivity (Wildman–Crippen MR) is 76.5 cm³/mol. The molecular weight excluding hydrogens is 238 g/mol. The number of amides is 1. The number of carbonyl (C=O) groups is 1. The van der Waals surface area contributed by atoms with E-state index in [1.165, 1.54) is 5.56 Å². The molecule has 0 bridgehead atoms. The van der Waals surface area contributed by atoms with Gasteiger partial charge >= 0.3 is 0 Å². The molecule has 1 atom stereocenters. The molecule has 2 aromatic rings. The van der Waals surface area contributed by atoms with Gasteiger partial charge in [-0.1, -0.05) is 26.0 Å². The maximum atomic E-state index is 11.9. The van der Waals surface area contributed by atoms with Crippen molar-refractivity contribution >= 4 is 11.6 Å². The van der Waals surface area contributed by atoms with Gasteiger partial charge < -0.3 is 9.73 Å². The normalized spacial score (nSPS) is 12.2. The van der Waals surface area contributed by atoms with Crippen LogP contribution >= 0.6 is 0 Å². The Morgan fingerprint density at radius 1 is 1.21 bits per heavy atom. The monoisotopic (exact) mass is 257 g/mol. The second kappa shape index (κ2) is 5.74. The molecule has 1 aromatic heterocycles. The van der Waals surface area contributed by atoms with E-state index in [-0.39, 0.29) is 5.91 Å². The van der Waals surface area contributed by atoms with Crippen molar-refractivity contribution in [3.05, 3.63) is 53.5 Å². The quantitative estimate of drug-likeness (QED) is 0.884. The van der Waals surface area contributed by atoms with Crippen molar-refractivity contribution in [2.75, 3.05) is 5.32 Å². The molecule has 0 fully saturated rings. The number of nitrogens with one attached hydrogen (secondary N) is 1. The molecule has 1 heterocycles. The number of hydrogen-bond acceptors (Lipinski definition) is 2. The predicted octanol–water partition coefficient (Wildman–Crippen LogP) is 4.35. The first kappa shape index (κ1) is 13.4. The summed E-state index contributed by atoms with van der Waals surface area (Å²) in [5.41, 5.74) is 2.07. The van der Waals surface area contributed by atoms with E-state index in [2.05, 4.69) is 31.3 Å². The highest BCUT2D eigenvalue weighted by atomic mass is 16.3. The van der Waals surface area contributed by atoms with Crippen molar-refractivity contribution < 1.29 is 9.21 Å². The molecule has 0 aliphatic rings. The fourth-order valence-electron chi connectivity index (χ4n) is 1.88. The van der Waals surface area contributed by atoms with Crippen LogP contribution in [0.3, 0.4) is 0 Å². The summed E-state index contributed by atoms with van der Waals surface area (Å²) in [5, 5.41) is 2.82. The summed E-state index contributed by atoms with van der Waals surface area (Å²) in [6.45, 7) is 6.18. The highest BCUT2D eigenvalue weighted by Gasteiger charge is 2.10. The van der Waals surface area contributed by atoms with E-state index in [9.17, 15) is 4.79 Å². The molecule has 2 rings (SSSR count). The van der Waals surface area contributed by atoms with E-state index >= 15 is 0 Å². The zero-order chi connectivity index (χ0) is 13.8. The van der Waals surface area contributed by atoms with Crippen LogP contribution in [0, 0.1) is 6.92 Å². The van der Waals surface area contributed by atoms with Crippen LogP contribution in [0.1, 0.15) is 48.1 Å². The second-order valence-electron chi connectivity index (χ2n) is 4.80. The SMILES string of the molecule is CC[C@@H](C)c1ccc(NC(=O)c2ccc(C)o2)cc1. The summed E-state index contributed by atoms with van der Waals surface area (Å²) in [5.74, 6) is 1.39. The van der Waals surface area contributed by atoms with E-state index in [1.54, 1.807) is 12.1 Å². The van der Waals surface area contributed by atoms with Crippen LogP contribution in [0.2, 0.25) is 0 Å². The zero-order valence-electron chi connectivity index (χ0n) is 11.6. The van der Waals surface area contributed by atoms with E-state index in [0.717, 1.165) is 17.9 Å². The Kier molecular flexibility index (Phi) is 4.05. The lowest BCUT2D eigenvalue weighted by Crippen LogP contribution is -2.10. The number of anilines is 1. The minimum absolute atomic E-state index is 0.218. The molecule has 0 aliphatic heterocycles. The Morgan fingerprint density at radius 2 is 1.89 bits per heavy atom. The number of carbonyl (C=O) groups excluding carboxylic acids is 1. The summed E-state index contributed by atoms with van der Waals surface area (Å²) < 4.78 is 5.28. The zero-order valence-corrected chi connectivity index (χ0v) is 11.6. The third kappa shape index (κ3) is 3.25. The van der Waals surface area contributed by atoms with Crippen LogP contribution in [-0.2, 0) is 0 Å². The van der Waals surface area contributed by atoms with Gasteiger partial charge in [-0.05, 0) is 49.1 Å². The summed E-state index contributed by atoms with van der Waals surface area (Å²) in [7, 11) is 0. The van der Waals surface area contributed by atoms with Crippen molar-refractivity contribution in [2.45, 2.75) is 33.1 Å². The largest absolute Gasteiger partial charge is 0.456 e. The molecule has 0 spiro atoms.